The highest BCUT2D eigenvalue weighted by atomic mass is 16.3. The van der Waals surface area contributed by atoms with Gasteiger partial charge in [0.15, 0.2) is 0 Å². The van der Waals surface area contributed by atoms with Gasteiger partial charge in [0.1, 0.15) is 0 Å². The average molecular weight is 250 g/mol. The first-order valence-corrected chi connectivity index (χ1v) is 7.17. The highest BCUT2D eigenvalue weighted by Crippen LogP contribution is 2.48. The minimum absolute atomic E-state index is 0.343. The maximum atomic E-state index is 6.29. The second-order valence-electron chi connectivity index (χ2n) is 5.90. The molecule has 1 aromatic rings. The van der Waals surface area contributed by atoms with Crippen molar-refractivity contribution < 1.29 is 4.42 Å². The summed E-state index contributed by atoms with van der Waals surface area (Å²) < 4.78 is 5.19. The van der Waals surface area contributed by atoms with E-state index in [0.717, 1.165) is 25.8 Å². The minimum Gasteiger partial charge on any atom is -0.472 e. The van der Waals surface area contributed by atoms with Crippen LogP contribution in [0.15, 0.2) is 23.0 Å². The third-order valence-corrected chi connectivity index (χ3v) is 4.29. The number of rotatable bonds is 8. The summed E-state index contributed by atoms with van der Waals surface area (Å²) >= 11 is 0. The maximum absolute atomic E-state index is 6.29. The molecule has 1 saturated carbocycles. The van der Waals surface area contributed by atoms with Gasteiger partial charge in [-0.25, -0.2) is 0 Å². The van der Waals surface area contributed by atoms with Crippen molar-refractivity contribution in [3.8, 4) is 0 Å². The van der Waals surface area contributed by atoms with Crippen LogP contribution >= 0.6 is 0 Å². The van der Waals surface area contributed by atoms with E-state index >= 15 is 0 Å². The molecule has 3 heteroatoms. The Balaban J connectivity index is 1.85. The Morgan fingerprint density at radius 1 is 1.44 bits per heavy atom. The lowest BCUT2D eigenvalue weighted by Gasteiger charge is -2.23. The zero-order valence-corrected chi connectivity index (χ0v) is 11.6. The Bertz CT molecular complexity index is 343. The van der Waals surface area contributed by atoms with E-state index in [2.05, 4.69) is 25.2 Å². The first kappa shape index (κ1) is 13.6. The Kier molecular flexibility index (Phi) is 4.46. The topological polar surface area (TPSA) is 51.2 Å². The fraction of sp³-hybridized carbons (Fsp3) is 0.733. The molecular formula is C15H26N2O. The highest BCUT2D eigenvalue weighted by Gasteiger charge is 2.42. The van der Waals surface area contributed by atoms with Crippen LogP contribution in [0, 0.1) is 5.41 Å². The number of furan rings is 1. The van der Waals surface area contributed by atoms with Crippen LogP contribution in [-0.2, 0) is 0 Å². The van der Waals surface area contributed by atoms with Gasteiger partial charge in [-0.05, 0) is 50.1 Å². The first-order valence-electron chi connectivity index (χ1n) is 7.17. The molecule has 3 nitrogen and oxygen atoms in total. The van der Waals surface area contributed by atoms with Gasteiger partial charge in [-0.2, -0.15) is 0 Å². The number of nitrogens with two attached hydrogens (primary N) is 1. The van der Waals surface area contributed by atoms with Crippen LogP contribution in [0.1, 0.15) is 57.6 Å². The lowest BCUT2D eigenvalue weighted by atomic mass is 9.92. The first-order chi connectivity index (χ1) is 8.65. The molecular weight excluding hydrogens is 224 g/mol. The molecule has 1 fully saturated rings. The van der Waals surface area contributed by atoms with E-state index in [1.165, 1.54) is 18.4 Å². The standard InChI is InChI=1S/C15H26N2O/c1-3-9-17-13(12-6-10-18-11-12)4-5-14(16)15(2)7-8-15/h6,10-11,13-14,17H,3-5,7-9,16H2,1-2H3. The lowest BCUT2D eigenvalue weighted by molar-refractivity contribution is 0.370. The van der Waals surface area contributed by atoms with Crippen LogP contribution in [0.3, 0.4) is 0 Å². The van der Waals surface area contributed by atoms with Crippen molar-refractivity contribution in [2.75, 3.05) is 6.54 Å². The van der Waals surface area contributed by atoms with Crippen molar-refractivity contribution in [2.45, 2.75) is 58.0 Å². The van der Waals surface area contributed by atoms with E-state index in [0.29, 0.717) is 17.5 Å². The van der Waals surface area contributed by atoms with Crippen LogP contribution in [-0.4, -0.2) is 12.6 Å². The van der Waals surface area contributed by atoms with Gasteiger partial charge in [0.2, 0.25) is 0 Å². The summed E-state index contributed by atoms with van der Waals surface area (Å²) in [4.78, 5) is 0. The Labute approximate surface area is 110 Å². The predicted octanol–water partition coefficient (Wildman–Crippen LogP) is 3.23. The Morgan fingerprint density at radius 2 is 2.22 bits per heavy atom. The van der Waals surface area contributed by atoms with Gasteiger partial charge >= 0.3 is 0 Å². The zero-order chi connectivity index (χ0) is 13.0. The summed E-state index contributed by atoms with van der Waals surface area (Å²) in [6, 6.07) is 2.78. The van der Waals surface area contributed by atoms with Crippen molar-refractivity contribution in [3.05, 3.63) is 24.2 Å². The van der Waals surface area contributed by atoms with Crippen LogP contribution in [0.25, 0.3) is 0 Å². The second-order valence-corrected chi connectivity index (χ2v) is 5.90. The minimum atomic E-state index is 0.343. The molecule has 2 unspecified atom stereocenters. The van der Waals surface area contributed by atoms with Gasteiger partial charge in [-0.3, -0.25) is 0 Å². The summed E-state index contributed by atoms with van der Waals surface area (Å²) in [5.74, 6) is 0. The molecule has 1 aliphatic carbocycles. The molecule has 2 atom stereocenters. The fourth-order valence-corrected chi connectivity index (χ4v) is 2.44. The maximum Gasteiger partial charge on any atom is 0.0950 e. The van der Waals surface area contributed by atoms with Gasteiger partial charge in [0.05, 0.1) is 12.5 Å². The number of nitrogens with one attached hydrogen (secondary N) is 1. The largest absolute Gasteiger partial charge is 0.472 e. The molecule has 0 amide bonds. The van der Waals surface area contributed by atoms with Crippen LogP contribution < -0.4 is 11.1 Å². The van der Waals surface area contributed by atoms with E-state index in [1.54, 1.807) is 6.26 Å². The van der Waals surface area contributed by atoms with Crippen molar-refractivity contribution >= 4 is 0 Å². The quantitative estimate of drug-likeness (QED) is 0.744. The fourth-order valence-electron chi connectivity index (χ4n) is 2.44. The smallest absolute Gasteiger partial charge is 0.0950 e. The molecule has 0 bridgehead atoms. The van der Waals surface area contributed by atoms with Crippen LogP contribution in [0.4, 0.5) is 0 Å². The van der Waals surface area contributed by atoms with Crippen LogP contribution in [0.2, 0.25) is 0 Å². The third-order valence-electron chi connectivity index (χ3n) is 4.29. The highest BCUT2D eigenvalue weighted by molar-refractivity contribution is 5.11. The monoisotopic (exact) mass is 250 g/mol. The molecule has 0 aliphatic heterocycles. The van der Waals surface area contributed by atoms with Crippen molar-refractivity contribution in [1.82, 2.24) is 5.32 Å². The molecule has 1 aromatic heterocycles. The third kappa shape index (κ3) is 3.36. The van der Waals surface area contributed by atoms with Gasteiger partial charge in [0.25, 0.3) is 0 Å². The lowest BCUT2D eigenvalue weighted by Crippen LogP contribution is -2.31. The summed E-state index contributed by atoms with van der Waals surface area (Å²) in [5.41, 5.74) is 7.96. The molecule has 2 rings (SSSR count). The predicted molar refractivity (Wildman–Crippen MR) is 74.3 cm³/mol. The van der Waals surface area contributed by atoms with Crippen molar-refractivity contribution in [2.24, 2.45) is 11.1 Å². The van der Waals surface area contributed by atoms with Crippen LogP contribution in [0.5, 0.6) is 0 Å². The van der Waals surface area contributed by atoms with Gasteiger partial charge in [-0.1, -0.05) is 13.8 Å². The normalized spacial score (nSPS) is 20.6. The molecule has 0 radical (unpaired) electrons. The van der Waals surface area contributed by atoms with Crippen molar-refractivity contribution in [3.63, 3.8) is 0 Å². The molecule has 0 aromatic carbocycles. The average Bonchev–Trinajstić information content (AvgIpc) is 2.92. The van der Waals surface area contributed by atoms with Gasteiger partial charge in [0, 0.05) is 17.6 Å². The Morgan fingerprint density at radius 3 is 2.78 bits per heavy atom. The summed E-state index contributed by atoms with van der Waals surface area (Å²) in [6.45, 7) is 5.54. The number of hydrogen-bond donors (Lipinski definition) is 2. The SMILES string of the molecule is CCCNC(CCC(N)C1(C)CC1)c1ccoc1. The van der Waals surface area contributed by atoms with E-state index in [4.69, 9.17) is 10.2 Å². The summed E-state index contributed by atoms with van der Waals surface area (Å²) in [5, 5.41) is 3.58. The summed E-state index contributed by atoms with van der Waals surface area (Å²) in [6.07, 6.45) is 9.52. The van der Waals surface area contributed by atoms with E-state index in [1.807, 2.05) is 6.26 Å². The Hall–Kier alpha value is -0.800. The van der Waals surface area contributed by atoms with Gasteiger partial charge < -0.3 is 15.5 Å². The molecule has 102 valence electrons. The van der Waals surface area contributed by atoms with E-state index < -0.39 is 0 Å². The molecule has 0 saturated heterocycles. The molecule has 3 N–H and O–H groups in total. The molecule has 18 heavy (non-hydrogen) atoms. The second kappa shape index (κ2) is 5.89. The van der Waals surface area contributed by atoms with Gasteiger partial charge in [-0.15, -0.1) is 0 Å². The zero-order valence-electron chi connectivity index (χ0n) is 11.6. The summed E-state index contributed by atoms with van der Waals surface area (Å²) in [7, 11) is 0. The molecule has 0 spiro atoms. The molecule has 1 heterocycles. The van der Waals surface area contributed by atoms with E-state index in [9.17, 15) is 0 Å². The number of hydrogen-bond acceptors (Lipinski definition) is 3. The van der Waals surface area contributed by atoms with Crippen molar-refractivity contribution in [1.29, 1.82) is 0 Å². The molecule has 1 aliphatic rings. The van der Waals surface area contributed by atoms with E-state index in [-0.39, 0.29) is 0 Å².